The van der Waals surface area contributed by atoms with Crippen LogP contribution in [0.2, 0.25) is 0 Å². The van der Waals surface area contributed by atoms with E-state index in [9.17, 15) is 4.79 Å². The number of rotatable bonds is 7. The van der Waals surface area contributed by atoms with Gasteiger partial charge in [-0.3, -0.25) is 14.7 Å². The van der Waals surface area contributed by atoms with Gasteiger partial charge in [-0.15, -0.1) is 0 Å². The number of amides is 1. The van der Waals surface area contributed by atoms with E-state index in [2.05, 4.69) is 58.0 Å². The molecule has 5 nitrogen and oxygen atoms in total. The van der Waals surface area contributed by atoms with Gasteiger partial charge in [0.05, 0.1) is 12.6 Å². The molecule has 0 unspecified atom stereocenters. The van der Waals surface area contributed by atoms with E-state index in [1.54, 1.807) is 6.20 Å². The average molecular weight is 367 g/mol. The monoisotopic (exact) mass is 366 g/mol. The highest BCUT2D eigenvalue weighted by Gasteiger charge is 2.30. The first-order valence-electron chi connectivity index (χ1n) is 9.63. The van der Waals surface area contributed by atoms with Crippen LogP contribution < -0.4 is 0 Å². The number of carbonyl (C=O) groups excluding carboxylic acids is 1. The number of aromatic nitrogens is 1. The number of likely N-dealkylation sites (tertiary alicyclic amines) is 1. The molecule has 1 aliphatic rings. The van der Waals surface area contributed by atoms with Gasteiger partial charge in [-0.25, -0.2) is 0 Å². The first kappa shape index (κ1) is 19.5. The van der Waals surface area contributed by atoms with Gasteiger partial charge in [0.1, 0.15) is 0 Å². The molecule has 27 heavy (non-hydrogen) atoms. The highest BCUT2D eigenvalue weighted by Crippen LogP contribution is 2.32. The number of hydrogen-bond acceptors (Lipinski definition) is 4. The molecule has 1 aliphatic heterocycles. The van der Waals surface area contributed by atoms with Crippen LogP contribution in [0.25, 0.3) is 0 Å². The zero-order valence-electron chi connectivity index (χ0n) is 16.6. The van der Waals surface area contributed by atoms with Crippen molar-refractivity contribution < 1.29 is 4.79 Å². The van der Waals surface area contributed by atoms with Crippen molar-refractivity contribution in [1.29, 1.82) is 0 Å². The van der Waals surface area contributed by atoms with Crippen molar-refractivity contribution in [2.75, 3.05) is 34.2 Å². The standard InChI is InChI=1S/C22H30N4O/c1-24(2)15-18-8-10-20(11-9-18)21-7-5-13-26(21)22(27)17-25(3)16-19-6-4-12-23-14-19/h4,6,8-12,14,21H,5,7,13,15-17H2,1-3H3/t21-/m0/s1. The number of nitrogens with zero attached hydrogens (tertiary/aromatic N) is 4. The predicted molar refractivity (Wildman–Crippen MR) is 108 cm³/mol. The van der Waals surface area contributed by atoms with Crippen LogP contribution in [-0.4, -0.2) is 59.8 Å². The van der Waals surface area contributed by atoms with Crippen molar-refractivity contribution in [3.05, 3.63) is 65.5 Å². The second kappa shape index (κ2) is 9.11. The van der Waals surface area contributed by atoms with Gasteiger partial charge in [-0.05, 0) is 56.7 Å². The van der Waals surface area contributed by atoms with Gasteiger partial charge in [-0.1, -0.05) is 30.3 Å². The van der Waals surface area contributed by atoms with Gasteiger partial charge in [0.15, 0.2) is 0 Å². The Balaban J connectivity index is 1.60. The first-order valence-corrected chi connectivity index (χ1v) is 9.63. The topological polar surface area (TPSA) is 39.7 Å². The number of benzene rings is 1. The van der Waals surface area contributed by atoms with Crippen LogP contribution in [0.3, 0.4) is 0 Å². The normalized spacial score (nSPS) is 17.1. The maximum Gasteiger partial charge on any atom is 0.237 e. The fourth-order valence-electron chi connectivity index (χ4n) is 3.80. The minimum absolute atomic E-state index is 0.206. The summed E-state index contributed by atoms with van der Waals surface area (Å²) < 4.78 is 0. The molecule has 1 amide bonds. The van der Waals surface area contributed by atoms with E-state index in [0.29, 0.717) is 6.54 Å². The molecule has 0 N–H and O–H groups in total. The van der Waals surface area contributed by atoms with Gasteiger partial charge < -0.3 is 9.80 Å². The van der Waals surface area contributed by atoms with E-state index >= 15 is 0 Å². The Morgan fingerprint density at radius 1 is 1.11 bits per heavy atom. The fourth-order valence-corrected chi connectivity index (χ4v) is 3.80. The van der Waals surface area contributed by atoms with E-state index in [0.717, 1.165) is 38.0 Å². The quantitative estimate of drug-likeness (QED) is 0.755. The summed E-state index contributed by atoms with van der Waals surface area (Å²) in [5.41, 5.74) is 3.68. The zero-order chi connectivity index (χ0) is 19.2. The maximum absolute atomic E-state index is 12.9. The molecule has 144 valence electrons. The summed E-state index contributed by atoms with van der Waals surface area (Å²) in [6, 6.07) is 12.9. The molecule has 2 heterocycles. The minimum Gasteiger partial charge on any atom is -0.335 e. The number of carbonyl (C=O) groups is 1. The molecule has 1 atom stereocenters. The lowest BCUT2D eigenvalue weighted by molar-refractivity contribution is -0.133. The van der Waals surface area contributed by atoms with Crippen LogP contribution in [0.1, 0.15) is 35.6 Å². The molecule has 0 saturated carbocycles. The van der Waals surface area contributed by atoms with Crippen LogP contribution in [0.4, 0.5) is 0 Å². The maximum atomic E-state index is 12.9. The molecule has 0 radical (unpaired) electrons. The third-order valence-electron chi connectivity index (χ3n) is 5.02. The largest absolute Gasteiger partial charge is 0.335 e. The van der Waals surface area contributed by atoms with Gasteiger partial charge in [0.25, 0.3) is 0 Å². The lowest BCUT2D eigenvalue weighted by atomic mass is 10.0. The predicted octanol–water partition coefficient (Wildman–Crippen LogP) is 2.94. The molecule has 1 saturated heterocycles. The summed E-state index contributed by atoms with van der Waals surface area (Å²) in [6.45, 7) is 2.96. The summed E-state index contributed by atoms with van der Waals surface area (Å²) in [5.74, 6) is 0.209. The second-order valence-corrected chi connectivity index (χ2v) is 7.76. The third kappa shape index (κ3) is 5.37. The summed E-state index contributed by atoms with van der Waals surface area (Å²) in [4.78, 5) is 23.3. The van der Waals surface area contributed by atoms with Crippen molar-refractivity contribution in [3.63, 3.8) is 0 Å². The van der Waals surface area contributed by atoms with Crippen LogP contribution in [0.5, 0.6) is 0 Å². The van der Waals surface area contributed by atoms with E-state index in [1.807, 2.05) is 25.4 Å². The van der Waals surface area contributed by atoms with Crippen LogP contribution in [0, 0.1) is 0 Å². The van der Waals surface area contributed by atoms with Gasteiger partial charge in [-0.2, -0.15) is 0 Å². The smallest absolute Gasteiger partial charge is 0.237 e. The first-order chi connectivity index (χ1) is 13.0. The van der Waals surface area contributed by atoms with Crippen molar-refractivity contribution in [3.8, 4) is 0 Å². The van der Waals surface area contributed by atoms with Gasteiger partial charge in [0, 0.05) is 32.0 Å². The molecule has 1 fully saturated rings. The van der Waals surface area contributed by atoms with Gasteiger partial charge >= 0.3 is 0 Å². The van der Waals surface area contributed by atoms with E-state index in [4.69, 9.17) is 0 Å². The lowest BCUT2D eigenvalue weighted by Crippen LogP contribution is -2.38. The second-order valence-electron chi connectivity index (χ2n) is 7.76. The Labute approximate surface area is 162 Å². The molecule has 0 aliphatic carbocycles. The van der Waals surface area contributed by atoms with E-state index in [-0.39, 0.29) is 11.9 Å². The third-order valence-corrected chi connectivity index (χ3v) is 5.02. The summed E-state index contributed by atoms with van der Waals surface area (Å²) in [7, 11) is 6.15. The summed E-state index contributed by atoms with van der Waals surface area (Å²) in [6.07, 6.45) is 5.75. The Bertz CT molecular complexity index is 730. The van der Waals surface area contributed by atoms with Crippen LogP contribution in [-0.2, 0) is 17.9 Å². The van der Waals surface area contributed by atoms with E-state index in [1.165, 1.54) is 11.1 Å². The van der Waals surface area contributed by atoms with Crippen molar-refractivity contribution in [1.82, 2.24) is 19.7 Å². The van der Waals surface area contributed by atoms with Crippen LogP contribution >= 0.6 is 0 Å². The fraction of sp³-hybridized carbons (Fsp3) is 0.455. The SMILES string of the molecule is CN(C)Cc1ccc([C@@H]2CCCN2C(=O)CN(C)Cc2cccnc2)cc1. The molecule has 0 bridgehead atoms. The van der Waals surface area contributed by atoms with E-state index < -0.39 is 0 Å². The molecule has 1 aromatic heterocycles. The van der Waals surface area contributed by atoms with Crippen molar-refractivity contribution in [2.24, 2.45) is 0 Å². The molecule has 0 spiro atoms. The number of pyridine rings is 1. The number of likely N-dealkylation sites (N-methyl/N-ethyl adjacent to an activating group) is 1. The molecule has 5 heteroatoms. The lowest BCUT2D eigenvalue weighted by Gasteiger charge is -2.27. The Morgan fingerprint density at radius 2 is 1.89 bits per heavy atom. The average Bonchev–Trinajstić information content (AvgIpc) is 3.12. The molecular formula is C22H30N4O. The Hall–Kier alpha value is -2.24. The van der Waals surface area contributed by atoms with Crippen molar-refractivity contribution >= 4 is 5.91 Å². The zero-order valence-corrected chi connectivity index (χ0v) is 16.6. The highest BCUT2D eigenvalue weighted by atomic mass is 16.2. The Morgan fingerprint density at radius 3 is 2.56 bits per heavy atom. The summed E-state index contributed by atoms with van der Waals surface area (Å²) >= 11 is 0. The van der Waals surface area contributed by atoms with Crippen LogP contribution in [0.15, 0.2) is 48.8 Å². The number of hydrogen-bond donors (Lipinski definition) is 0. The molecule has 1 aromatic carbocycles. The molecular weight excluding hydrogens is 336 g/mol. The Kier molecular flexibility index (Phi) is 6.58. The molecule has 3 rings (SSSR count). The highest BCUT2D eigenvalue weighted by molar-refractivity contribution is 5.79. The molecule has 2 aromatic rings. The van der Waals surface area contributed by atoms with Gasteiger partial charge in [0.2, 0.25) is 5.91 Å². The summed E-state index contributed by atoms with van der Waals surface area (Å²) in [5, 5.41) is 0. The minimum atomic E-state index is 0.206. The van der Waals surface area contributed by atoms with Crippen molar-refractivity contribution in [2.45, 2.75) is 32.0 Å².